The Morgan fingerprint density at radius 2 is 1.79 bits per heavy atom. The first-order valence-corrected chi connectivity index (χ1v) is 4.24. The summed E-state index contributed by atoms with van der Waals surface area (Å²) >= 11 is 0. The molecule has 1 unspecified atom stereocenters. The fourth-order valence-corrected chi connectivity index (χ4v) is 1.09. The molecule has 0 bridgehead atoms. The van der Waals surface area contributed by atoms with E-state index in [1.807, 2.05) is 0 Å². The maximum atomic E-state index is 9.00. The van der Waals surface area contributed by atoms with Gasteiger partial charge >= 0.3 is 0 Å². The second-order valence-corrected chi connectivity index (χ2v) is 2.73. The van der Waals surface area contributed by atoms with Gasteiger partial charge in [0.05, 0.1) is 14.2 Å². The van der Waals surface area contributed by atoms with Crippen LogP contribution in [0.4, 0.5) is 0 Å². The molecule has 0 heterocycles. The summed E-state index contributed by atoms with van der Waals surface area (Å²) in [6, 6.07) is 5.08. The molecule has 4 heteroatoms. The third-order valence-electron chi connectivity index (χ3n) is 1.66. The molecule has 14 heavy (non-hydrogen) atoms. The summed E-state index contributed by atoms with van der Waals surface area (Å²) in [6.07, 6.45) is -0.840. The summed E-state index contributed by atoms with van der Waals surface area (Å²) in [5, 5.41) is 9.00. The molecule has 0 aliphatic carbocycles. The Balaban J connectivity index is 2.89. The van der Waals surface area contributed by atoms with Gasteiger partial charge in [0.25, 0.3) is 0 Å². The minimum absolute atomic E-state index is 0.539. The monoisotopic (exact) mass is 198 g/mol. The van der Waals surface area contributed by atoms with Gasteiger partial charge < -0.3 is 19.3 Å². The Morgan fingerprint density at radius 3 is 2.29 bits per heavy atom. The standard InChI is InChI=1S/C10H14O4/c1-7(11)14-8-4-5-9(12-2)10(6-8)13-3/h4-7,11H,1-3H3. The molecule has 78 valence electrons. The summed E-state index contributed by atoms with van der Waals surface area (Å²) in [5.74, 6) is 1.74. The molecule has 4 nitrogen and oxygen atoms in total. The van der Waals surface area contributed by atoms with E-state index in [4.69, 9.17) is 19.3 Å². The molecule has 0 saturated carbocycles. The van der Waals surface area contributed by atoms with Crippen molar-refractivity contribution in [3.05, 3.63) is 18.2 Å². The fourth-order valence-electron chi connectivity index (χ4n) is 1.09. The minimum atomic E-state index is -0.840. The quantitative estimate of drug-likeness (QED) is 0.743. The number of aliphatic hydroxyl groups excluding tert-OH is 1. The molecule has 1 rings (SSSR count). The summed E-state index contributed by atoms with van der Waals surface area (Å²) in [7, 11) is 3.11. The van der Waals surface area contributed by atoms with Crippen molar-refractivity contribution in [1.29, 1.82) is 0 Å². The summed E-state index contributed by atoms with van der Waals surface area (Å²) < 4.78 is 15.2. The number of hydrogen-bond donors (Lipinski definition) is 1. The second kappa shape index (κ2) is 4.72. The Hall–Kier alpha value is -1.42. The Bertz CT molecular complexity index is 296. The highest BCUT2D eigenvalue weighted by Crippen LogP contribution is 2.30. The van der Waals surface area contributed by atoms with E-state index >= 15 is 0 Å². The minimum Gasteiger partial charge on any atom is -0.493 e. The van der Waals surface area contributed by atoms with Crippen LogP contribution in [0.3, 0.4) is 0 Å². The first kappa shape index (κ1) is 10.7. The Morgan fingerprint density at radius 1 is 1.14 bits per heavy atom. The van der Waals surface area contributed by atoms with Gasteiger partial charge in [-0.3, -0.25) is 0 Å². The van der Waals surface area contributed by atoms with Gasteiger partial charge in [-0.05, 0) is 19.1 Å². The Kier molecular flexibility index (Phi) is 3.59. The van der Waals surface area contributed by atoms with Gasteiger partial charge in [0, 0.05) is 6.07 Å². The van der Waals surface area contributed by atoms with Crippen molar-refractivity contribution < 1.29 is 19.3 Å². The molecule has 0 fully saturated rings. The summed E-state index contributed by atoms with van der Waals surface area (Å²) in [5.41, 5.74) is 0. The predicted octanol–water partition coefficient (Wildman–Crippen LogP) is 1.42. The molecular formula is C10H14O4. The van der Waals surface area contributed by atoms with Crippen LogP contribution in [0.2, 0.25) is 0 Å². The molecule has 1 atom stereocenters. The lowest BCUT2D eigenvalue weighted by atomic mass is 10.3. The highest BCUT2D eigenvalue weighted by Gasteiger charge is 2.06. The average molecular weight is 198 g/mol. The van der Waals surface area contributed by atoms with E-state index in [0.717, 1.165) is 0 Å². The van der Waals surface area contributed by atoms with E-state index in [-0.39, 0.29) is 0 Å². The zero-order valence-electron chi connectivity index (χ0n) is 8.48. The molecule has 0 spiro atoms. The fraction of sp³-hybridized carbons (Fsp3) is 0.400. The lowest BCUT2D eigenvalue weighted by Crippen LogP contribution is -2.09. The molecule has 1 aromatic carbocycles. The molecule has 0 radical (unpaired) electrons. The van der Waals surface area contributed by atoms with Gasteiger partial charge in [-0.1, -0.05) is 0 Å². The zero-order valence-corrected chi connectivity index (χ0v) is 8.48. The van der Waals surface area contributed by atoms with Crippen molar-refractivity contribution in [1.82, 2.24) is 0 Å². The van der Waals surface area contributed by atoms with Gasteiger partial charge in [-0.15, -0.1) is 0 Å². The number of benzene rings is 1. The van der Waals surface area contributed by atoms with Crippen molar-refractivity contribution >= 4 is 0 Å². The number of rotatable bonds is 4. The van der Waals surface area contributed by atoms with Crippen LogP contribution in [0.15, 0.2) is 18.2 Å². The molecule has 0 amide bonds. The highest BCUT2D eigenvalue weighted by molar-refractivity contribution is 5.45. The smallest absolute Gasteiger partial charge is 0.194 e. The van der Waals surface area contributed by atoms with E-state index in [2.05, 4.69) is 0 Å². The van der Waals surface area contributed by atoms with E-state index in [1.54, 1.807) is 32.4 Å². The molecule has 0 aromatic heterocycles. The van der Waals surface area contributed by atoms with Gasteiger partial charge in [0.1, 0.15) is 5.75 Å². The molecule has 0 aliphatic rings. The van der Waals surface area contributed by atoms with Crippen LogP contribution in [0.1, 0.15) is 6.92 Å². The predicted molar refractivity (Wildman–Crippen MR) is 51.9 cm³/mol. The normalized spacial score (nSPS) is 12.0. The maximum absolute atomic E-state index is 9.00. The van der Waals surface area contributed by atoms with Crippen molar-refractivity contribution in [2.75, 3.05) is 14.2 Å². The van der Waals surface area contributed by atoms with Crippen LogP contribution >= 0.6 is 0 Å². The number of hydrogen-bond acceptors (Lipinski definition) is 4. The van der Waals surface area contributed by atoms with Crippen LogP contribution in [-0.4, -0.2) is 25.6 Å². The van der Waals surface area contributed by atoms with E-state index in [0.29, 0.717) is 17.2 Å². The van der Waals surface area contributed by atoms with Crippen molar-refractivity contribution in [2.24, 2.45) is 0 Å². The molecular weight excluding hydrogens is 184 g/mol. The van der Waals surface area contributed by atoms with E-state index < -0.39 is 6.29 Å². The Labute approximate surface area is 83.0 Å². The van der Waals surface area contributed by atoms with Crippen molar-refractivity contribution in [2.45, 2.75) is 13.2 Å². The first-order chi connectivity index (χ1) is 6.67. The van der Waals surface area contributed by atoms with E-state index in [9.17, 15) is 0 Å². The highest BCUT2D eigenvalue weighted by atomic mass is 16.6. The largest absolute Gasteiger partial charge is 0.493 e. The second-order valence-electron chi connectivity index (χ2n) is 2.73. The van der Waals surface area contributed by atoms with E-state index in [1.165, 1.54) is 6.92 Å². The summed E-state index contributed by atoms with van der Waals surface area (Å²) in [6.45, 7) is 1.54. The van der Waals surface area contributed by atoms with Crippen molar-refractivity contribution in [3.63, 3.8) is 0 Å². The first-order valence-electron chi connectivity index (χ1n) is 4.24. The lowest BCUT2D eigenvalue weighted by Gasteiger charge is -2.11. The maximum Gasteiger partial charge on any atom is 0.194 e. The van der Waals surface area contributed by atoms with Crippen molar-refractivity contribution in [3.8, 4) is 17.2 Å². The topological polar surface area (TPSA) is 47.9 Å². The van der Waals surface area contributed by atoms with Gasteiger partial charge in [0.2, 0.25) is 0 Å². The number of ether oxygens (including phenoxy) is 3. The van der Waals surface area contributed by atoms with Crippen LogP contribution in [0, 0.1) is 0 Å². The molecule has 1 N–H and O–H groups in total. The third-order valence-corrected chi connectivity index (χ3v) is 1.66. The molecule has 0 aliphatic heterocycles. The average Bonchev–Trinajstić information content (AvgIpc) is 2.16. The zero-order chi connectivity index (χ0) is 10.6. The number of aliphatic hydroxyl groups is 1. The van der Waals surface area contributed by atoms with Gasteiger partial charge in [-0.25, -0.2) is 0 Å². The molecule has 0 saturated heterocycles. The molecule has 1 aromatic rings. The van der Waals surface area contributed by atoms with Crippen LogP contribution in [-0.2, 0) is 0 Å². The van der Waals surface area contributed by atoms with Crippen LogP contribution in [0.25, 0.3) is 0 Å². The summed E-state index contributed by atoms with van der Waals surface area (Å²) in [4.78, 5) is 0. The SMILES string of the molecule is COc1ccc(OC(C)O)cc1OC. The van der Waals surface area contributed by atoms with Crippen LogP contribution < -0.4 is 14.2 Å². The van der Waals surface area contributed by atoms with Crippen LogP contribution in [0.5, 0.6) is 17.2 Å². The third kappa shape index (κ3) is 2.53. The van der Waals surface area contributed by atoms with Gasteiger partial charge in [0.15, 0.2) is 17.8 Å². The van der Waals surface area contributed by atoms with Gasteiger partial charge in [-0.2, -0.15) is 0 Å². The number of methoxy groups -OCH3 is 2. The lowest BCUT2D eigenvalue weighted by molar-refractivity contribution is -0.000454.